The Morgan fingerprint density at radius 3 is 2.55 bits per heavy atom. The zero-order valence-electron chi connectivity index (χ0n) is 11.2. The Morgan fingerprint density at radius 2 is 1.95 bits per heavy atom. The van der Waals surface area contributed by atoms with E-state index in [2.05, 4.69) is 15.9 Å². The second-order valence-corrected chi connectivity index (χ2v) is 7.86. The van der Waals surface area contributed by atoms with E-state index in [9.17, 15) is 17.2 Å². The third kappa shape index (κ3) is 2.76. The van der Waals surface area contributed by atoms with Gasteiger partial charge < -0.3 is 0 Å². The molecule has 7 heteroatoms. The molecule has 2 atom stereocenters. The average molecular weight is 368 g/mol. The van der Waals surface area contributed by atoms with E-state index in [1.807, 2.05) is 13.8 Å². The van der Waals surface area contributed by atoms with Crippen molar-refractivity contribution in [3.05, 3.63) is 28.2 Å². The molecule has 0 aliphatic carbocycles. The number of piperidine rings is 1. The van der Waals surface area contributed by atoms with Gasteiger partial charge in [0, 0.05) is 23.1 Å². The molecule has 3 nitrogen and oxygen atoms in total. The SMILES string of the molecule is CC1CCCN(S(=O)(=O)c2c(F)cc(F)cc2Br)C1C. The second kappa shape index (κ2) is 5.69. The maximum absolute atomic E-state index is 13.9. The van der Waals surface area contributed by atoms with Gasteiger partial charge in [-0.05, 0) is 47.7 Å². The molecule has 2 unspecified atom stereocenters. The van der Waals surface area contributed by atoms with Crippen molar-refractivity contribution in [3.8, 4) is 0 Å². The number of hydrogen-bond donors (Lipinski definition) is 0. The first-order valence-corrected chi connectivity index (χ1v) is 8.65. The monoisotopic (exact) mass is 367 g/mol. The molecule has 1 saturated heterocycles. The van der Waals surface area contributed by atoms with Gasteiger partial charge in [0.1, 0.15) is 16.5 Å². The Morgan fingerprint density at radius 1 is 1.30 bits per heavy atom. The minimum Gasteiger partial charge on any atom is -0.207 e. The van der Waals surface area contributed by atoms with Crippen LogP contribution in [-0.2, 0) is 10.0 Å². The fourth-order valence-electron chi connectivity index (χ4n) is 2.53. The predicted octanol–water partition coefficient (Wildman–Crippen LogP) is 3.54. The van der Waals surface area contributed by atoms with Gasteiger partial charge in [-0.15, -0.1) is 0 Å². The largest absolute Gasteiger partial charge is 0.247 e. The summed E-state index contributed by atoms with van der Waals surface area (Å²) in [6.07, 6.45) is 1.69. The van der Waals surface area contributed by atoms with Crippen LogP contribution in [0.5, 0.6) is 0 Å². The summed E-state index contributed by atoms with van der Waals surface area (Å²) in [5.74, 6) is -1.67. The zero-order chi connectivity index (χ0) is 15.1. The molecule has 0 bridgehead atoms. The molecule has 1 aromatic carbocycles. The fraction of sp³-hybridized carbons (Fsp3) is 0.538. The number of rotatable bonds is 2. The van der Waals surface area contributed by atoms with E-state index in [1.165, 1.54) is 4.31 Å². The number of hydrogen-bond acceptors (Lipinski definition) is 2. The van der Waals surface area contributed by atoms with E-state index in [0.29, 0.717) is 12.6 Å². The lowest BCUT2D eigenvalue weighted by atomic mass is 9.94. The van der Waals surface area contributed by atoms with E-state index in [0.717, 1.165) is 18.9 Å². The van der Waals surface area contributed by atoms with Crippen LogP contribution < -0.4 is 0 Å². The molecule has 0 N–H and O–H groups in total. The third-order valence-corrected chi connectivity index (χ3v) is 6.80. The van der Waals surface area contributed by atoms with Crippen molar-refractivity contribution in [1.29, 1.82) is 0 Å². The lowest BCUT2D eigenvalue weighted by Crippen LogP contribution is -2.46. The molecule has 0 aromatic heterocycles. The molecule has 1 aliphatic rings. The number of nitrogens with zero attached hydrogens (tertiary/aromatic N) is 1. The highest BCUT2D eigenvalue weighted by molar-refractivity contribution is 9.10. The van der Waals surface area contributed by atoms with Gasteiger partial charge in [0.25, 0.3) is 0 Å². The van der Waals surface area contributed by atoms with E-state index in [1.54, 1.807) is 0 Å². The molecule has 0 spiro atoms. The van der Waals surface area contributed by atoms with Crippen LogP contribution in [0.4, 0.5) is 8.78 Å². The topological polar surface area (TPSA) is 37.4 Å². The van der Waals surface area contributed by atoms with Crippen molar-refractivity contribution in [2.75, 3.05) is 6.54 Å². The summed E-state index contributed by atoms with van der Waals surface area (Å²) in [6, 6.07) is 1.36. The van der Waals surface area contributed by atoms with Crippen LogP contribution in [0.3, 0.4) is 0 Å². The van der Waals surface area contributed by atoms with Gasteiger partial charge >= 0.3 is 0 Å². The molecule has 20 heavy (non-hydrogen) atoms. The van der Waals surface area contributed by atoms with Gasteiger partial charge in [-0.2, -0.15) is 4.31 Å². The third-order valence-electron chi connectivity index (χ3n) is 3.85. The number of halogens is 3. The molecular weight excluding hydrogens is 352 g/mol. The Bertz CT molecular complexity index is 598. The van der Waals surface area contributed by atoms with Crippen molar-refractivity contribution < 1.29 is 17.2 Å². The summed E-state index contributed by atoms with van der Waals surface area (Å²) in [7, 11) is -3.98. The van der Waals surface area contributed by atoms with E-state index in [-0.39, 0.29) is 16.4 Å². The Balaban J connectivity index is 2.50. The molecule has 1 aliphatic heterocycles. The van der Waals surface area contributed by atoms with Crippen molar-refractivity contribution in [1.82, 2.24) is 4.31 Å². The van der Waals surface area contributed by atoms with Crippen LogP contribution in [-0.4, -0.2) is 25.3 Å². The molecule has 112 valence electrons. The Labute approximate surface area is 126 Å². The van der Waals surface area contributed by atoms with Gasteiger partial charge in [0.05, 0.1) is 0 Å². The lowest BCUT2D eigenvalue weighted by molar-refractivity contribution is 0.201. The predicted molar refractivity (Wildman–Crippen MR) is 75.8 cm³/mol. The maximum Gasteiger partial charge on any atom is 0.247 e. The summed E-state index contributed by atoms with van der Waals surface area (Å²) in [6.45, 7) is 4.15. The maximum atomic E-state index is 13.9. The average Bonchev–Trinajstić information content (AvgIpc) is 2.30. The van der Waals surface area contributed by atoms with Crippen molar-refractivity contribution in [2.45, 2.75) is 37.6 Å². The van der Waals surface area contributed by atoms with Crippen LogP contribution >= 0.6 is 15.9 Å². The summed E-state index contributed by atoms with van der Waals surface area (Å²) >= 11 is 2.95. The Kier molecular flexibility index (Phi) is 4.51. The first-order valence-electron chi connectivity index (χ1n) is 6.41. The zero-order valence-corrected chi connectivity index (χ0v) is 13.6. The highest BCUT2D eigenvalue weighted by Gasteiger charge is 2.37. The standard InChI is InChI=1S/C13H16BrF2NO2S/c1-8-4-3-5-17(9(8)2)20(18,19)13-11(14)6-10(15)7-12(13)16/h6-9H,3-5H2,1-2H3. The van der Waals surface area contributed by atoms with Crippen LogP contribution in [0, 0.1) is 17.6 Å². The minimum absolute atomic E-state index is 0.0829. The molecule has 2 rings (SSSR count). The molecule has 1 heterocycles. The quantitative estimate of drug-likeness (QED) is 0.801. The van der Waals surface area contributed by atoms with Gasteiger partial charge in [-0.25, -0.2) is 17.2 Å². The molecule has 0 saturated carbocycles. The normalized spacial score (nSPS) is 24.9. The lowest BCUT2D eigenvalue weighted by Gasteiger charge is -2.37. The van der Waals surface area contributed by atoms with Gasteiger partial charge in [0.15, 0.2) is 0 Å². The van der Waals surface area contributed by atoms with Crippen LogP contribution in [0.25, 0.3) is 0 Å². The van der Waals surface area contributed by atoms with Crippen LogP contribution in [0.1, 0.15) is 26.7 Å². The van der Waals surface area contributed by atoms with E-state index >= 15 is 0 Å². The smallest absolute Gasteiger partial charge is 0.207 e. The summed E-state index contributed by atoms with van der Waals surface area (Å²) in [5, 5.41) is 0. The molecule has 0 radical (unpaired) electrons. The number of benzene rings is 1. The molecule has 1 aromatic rings. The highest BCUT2D eigenvalue weighted by Crippen LogP contribution is 2.33. The minimum atomic E-state index is -3.98. The summed E-state index contributed by atoms with van der Waals surface area (Å²) in [5.41, 5.74) is 0. The van der Waals surface area contributed by atoms with E-state index in [4.69, 9.17) is 0 Å². The first kappa shape index (κ1) is 15.9. The van der Waals surface area contributed by atoms with Gasteiger partial charge in [-0.3, -0.25) is 0 Å². The molecular formula is C13H16BrF2NO2S. The summed E-state index contributed by atoms with van der Waals surface area (Å²) < 4.78 is 53.5. The summed E-state index contributed by atoms with van der Waals surface area (Å²) in [4.78, 5) is -0.486. The van der Waals surface area contributed by atoms with Crippen LogP contribution in [0.2, 0.25) is 0 Å². The fourth-order valence-corrected chi connectivity index (χ4v) is 5.41. The molecule has 1 fully saturated rings. The van der Waals surface area contributed by atoms with Gasteiger partial charge in [-0.1, -0.05) is 6.92 Å². The van der Waals surface area contributed by atoms with Crippen LogP contribution in [0.15, 0.2) is 21.5 Å². The van der Waals surface area contributed by atoms with Crippen molar-refractivity contribution in [3.63, 3.8) is 0 Å². The van der Waals surface area contributed by atoms with Gasteiger partial charge in [0.2, 0.25) is 10.0 Å². The highest BCUT2D eigenvalue weighted by atomic mass is 79.9. The van der Waals surface area contributed by atoms with Crippen molar-refractivity contribution >= 4 is 26.0 Å². The first-order chi connectivity index (χ1) is 9.25. The Hall–Kier alpha value is -0.530. The van der Waals surface area contributed by atoms with Crippen molar-refractivity contribution in [2.24, 2.45) is 5.92 Å². The van der Waals surface area contributed by atoms with E-state index < -0.39 is 26.6 Å². The molecule has 0 amide bonds. The second-order valence-electron chi connectivity index (χ2n) is 5.17. The number of sulfonamides is 1.